The molecule has 0 unspecified atom stereocenters. The lowest BCUT2D eigenvalue weighted by Gasteiger charge is -2.21. The standard InChI is InChI=1S/C19H19N5OS/c1-13-7-9-16(10-8-13)24-19(20-21-22-24)26-14(2)18(25)23-12-11-15-5-3-4-6-17(15)23/h3-10,14H,11-12H2,1-2H3/t14-/m0/s1. The van der Waals surface area contributed by atoms with Crippen LogP contribution in [0.25, 0.3) is 5.69 Å². The fraction of sp³-hybridized carbons (Fsp3) is 0.263. The molecule has 1 aliphatic heterocycles. The Balaban J connectivity index is 1.53. The molecule has 26 heavy (non-hydrogen) atoms. The molecule has 0 bridgehead atoms. The number of carbonyl (C=O) groups excluding carboxylic acids is 1. The Morgan fingerprint density at radius 3 is 2.73 bits per heavy atom. The summed E-state index contributed by atoms with van der Waals surface area (Å²) in [6, 6.07) is 16.0. The van der Waals surface area contributed by atoms with E-state index in [9.17, 15) is 4.79 Å². The van der Waals surface area contributed by atoms with Gasteiger partial charge in [-0.3, -0.25) is 4.79 Å². The first-order valence-corrected chi connectivity index (χ1v) is 9.43. The van der Waals surface area contributed by atoms with E-state index in [4.69, 9.17) is 0 Å². The first kappa shape index (κ1) is 16.8. The summed E-state index contributed by atoms with van der Waals surface area (Å²) in [6.45, 7) is 4.67. The second kappa shape index (κ2) is 6.92. The van der Waals surface area contributed by atoms with Gasteiger partial charge in [0.25, 0.3) is 0 Å². The van der Waals surface area contributed by atoms with Crippen LogP contribution < -0.4 is 4.90 Å². The molecule has 6 nitrogen and oxygen atoms in total. The summed E-state index contributed by atoms with van der Waals surface area (Å²) in [5.41, 5.74) is 4.30. The Bertz CT molecular complexity index is 937. The Morgan fingerprint density at radius 2 is 1.92 bits per heavy atom. The first-order chi connectivity index (χ1) is 12.6. The molecule has 7 heteroatoms. The highest BCUT2D eigenvalue weighted by molar-refractivity contribution is 8.00. The van der Waals surface area contributed by atoms with Gasteiger partial charge in [0.1, 0.15) is 0 Å². The summed E-state index contributed by atoms with van der Waals surface area (Å²) in [4.78, 5) is 14.8. The lowest BCUT2D eigenvalue weighted by atomic mass is 10.2. The number of rotatable bonds is 4. The molecule has 0 fully saturated rings. The molecule has 1 aliphatic rings. The Morgan fingerprint density at radius 1 is 1.15 bits per heavy atom. The van der Waals surface area contributed by atoms with Crippen LogP contribution in [0.15, 0.2) is 53.7 Å². The van der Waals surface area contributed by atoms with Gasteiger partial charge in [-0.15, -0.1) is 5.10 Å². The Labute approximate surface area is 156 Å². The number of hydrogen-bond acceptors (Lipinski definition) is 5. The third-order valence-corrected chi connectivity index (χ3v) is 5.52. The molecule has 2 aromatic carbocycles. The lowest BCUT2D eigenvalue weighted by molar-refractivity contribution is -0.117. The third kappa shape index (κ3) is 3.10. The van der Waals surface area contributed by atoms with Gasteiger partial charge >= 0.3 is 0 Å². The number of hydrogen-bond donors (Lipinski definition) is 0. The van der Waals surface area contributed by atoms with Gasteiger partial charge in [-0.2, -0.15) is 4.68 Å². The monoisotopic (exact) mass is 365 g/mol. The number of amides is 1. The van der Waals surface area contributed by atoms with Crippen molar-refractivity contribution in [3.63, 3.8) is 0 Å². The fourth-order valence-electron chi connectivity index (χ4n) is 3.10. The fourth-order valence-corrected chi connectivity index (χ4v) is 3.97. The summed E-state index contributed by atoms with van der Waals surface area (Å²) in [7, 11) is 0. The molecular weight excluding hydrogens is 346 g/mol. The maximum absolute atomic E-state index is 13.0. The highest BCUT2D eigenvalue weighted by Gasteiger charge is 2.29. The van der Waals surface area contributed by atoms with Crippen LogP contribution in [-0.2, 0) is 11.2 Å². The number of anilines is 1. The minimum atomic E-state index is -0.281. The summed E-state index contributed by atoms with van der Waals surface area (Å²) in [6.07, 6.45) is 0.903. The number of nitrogens with zero attached hydrogens (tertiary/aromatic N) is 5. The molecule has 1 amide bonds. The van der Waals surface area contributed by atoms with Crippen molar-refractivity contribution in [2.45, 2.75) is 30.7 Å². The summed E-state index contributed by atoms with van der Waals surface area (Å²) in [5.74, 6) is 0.0819. The van der Waals surface area contributed by atoms with Crippen molar-refractivity contribution < 1.29 is 4.79 Å². The molecule has 0 spiro atoms. The zero-order chi connectivity index (χ0) is 18.1. The normalized spacial score (nSPS) is 14.3. The zero-order valence-corrected chi connectivity index (χ0v) is 15.5. The van der Waals surface area contributed by atoms with E-state index >= 15 is 0 Å². The average Bonchev–Trinajstić information content (AvgIpc) is 3.28. The second-order valence-corrected chi connectivity index (χ2v) is 7.65. The van der Waals surface area contributed by atoms with E-state index in [0.29, 0.717) is 5.16 Å². The van der Waals surface area contributed by atoms with E-state index in [1.165, 1.54) is 22.9 Å². The molecule has 3 aromatic rings. The van der Waals surface area contributed by atoms with Crippen LogP contribution in [-0.4, -0.2) is 37.9 Å². The SMILES string of the molecule is Cc1ccc(-n2nnnc2S[C@@H](C)C(=O)N2CCc3ccccc32)cc1. The lowest BCUT2D eigenvalue weighted by Crippen LogP contribution is -2.35. The molecule has 1 atom stereocenters. The smallest absolute Gasteiger partial charge is 0.240 e. The molecule has 0 saturated heterocycles. The number of para-hydroxylation sites is 1. The van der Waals surface area contributed by atoms with E-state index in [2.05, 4.69) is 21.6 Å². The van der Waals surface area contributed by atoms with Crippen molar-refractivity contribution in [3.05, 3.63) is 59.7 Å². The summed E-state index contributed by atoms with van der Waals surface area (Å²) in [5, 5.41) is 12.3. The molecule has 0 N–H and O–H groups in total. The predicted molar refractivity (Wildman–Crippen MR) is 102 cm³/mol. The zero-order valence-electron chi connectivity index (χ0n) is 14.7. The molecule has 132 valence electrons. The van der Waals surface area contributed by atoms with Gasteiger partial charge in [0.2, 0.25) is 11.1 Å². The van der Waals surface area contributed by atoms with Gasteiger partial charge in [0, 0.05) is 12.2 Å². The van der Waals surface area contributed by atoms with E-state index in [1.54, 1.807) is 4.68 Å². The molecule has 1 aromatic heterocycles. The van der Waals surface area contributed by atoms with Gasteiger partial charge in [-0.25, -0.2) is 0 Å². The number of aryl methyl sites for hydroxylation is 1. The molecule has 0 aliphatic carbocycles. The van der Waals surface area contributed by atoms with Gasteiger partial charge in [-0.05, 0) is 54.5 Å². The largest absolute Gasteiger partial charge is 0.311 e. The molecule has 0 saturated carbocycles. The van der Waals surface area contributed by atoms with E-state index in [0.717, 1.165) is 24.3 Å². The molecule has 0 radical (unpaired) electrons. The topological polar surface area (TPSA) is 63.9 Å². The van der Waals surface area contributed by atoms with Crippen molar-refractivity contribution in [1.29, 1.82) is 0 Å². The number of carbonyl (C=O) groups is 1. The number of thioether (sulfide) groups is 1. The Kier molecular flexibility index (Phi) is 4.46. The van der Waals surface area contributed by atoms with Crippen LogP contribution >= 0.6 is 11.8 Å². The van der Waals surface area contributed by atoms with Crippen molar-refractivity contribution in [2.75, 3.05) is 11.4 Å². The van der Waals surface area contributed by atoms with E-state index in [1.807, 2.05) is 61.2 Å². The average molecular weight is 365 g/mol. The van der Waals surface area contributed by atoms with Crippen LogP contribution in [0, 0.1) is 6.92 Å². The van der Waals surface area contributed by atoms with Gasteiger partial charge in [0.05, 0.1) is 10.9 Å². The predicted octanol–water partition coefficient (Wildman–Crippen LogP) is 3.04. The maximum atomic E-state index is 13.0. The van der Waals surface area contributed by atoms with Gasteiger partial charge in [-0.1, -0.05) is 47.7 Å². The Hall–Kier alpha value is -2.67. The van der Waals surface area contributed by atoms with Crippen LogP contribution in [0.3, 0.4) is 0 Å². The van der Waals surface area contributed by atoms with Crippen molar-refractivity contribution in [3.8, 4) is 5.69 Å². The molecular formula is C19H19N5OS. The number of aromatic nitrogens is 4. The number of benzene rings is 2. The van der Waals surface area contributed by atoms with Crippen LogP contribution in [0.2, 0.25) is 0 Å². The minimum absolute atomic E-state index is 0.0819. The molecule has 4 rings (SSSR count). The van der Waals surface area contributed by atoms with Crippen LogP contribution in [0.5, 0.6) is 0 Å². The van der Waals surface area contributed by atoms with Crippen molar-refractivity contribution in [1.82, 2.24) is 20.2 Å². The maximum Gasteiger partial charge on any atom is 0.240 e. The van der Waals surface area contributed by atoms with E-state index < -0.39 is 0 Å². The highest BCUT2D eigenvalue weighted by atomic mass is 32.2. The number of fused-ring (bicyclic) bond motifs is 1. The quantitative estimate of drug-likeness (QED) is 0.665. The highest BCUT2D eigenvalue weighted by Crippen LogP contribution is 2.31. The summed E-state index contributed by atoms with van der Waals surface area (Å²) < 4.78 is 1.67. The summed E-state index contributed by atoms with van der Waals surface area (Å²) >= 11 is 1.38. The first-order valence-electron chi connectivity index (χ1n) is 8.55. The molecule has 2 heterocycles. The van der Waals surface area contributed by atoms with Crippen molar-refractivity contribution >= 4 is 23.4 Å². The van der Waals surface area contributed by atoms with Crippen LogP contribution in [0.1, 0.15) is 18.1 Å². The number of tetrazole rings is 1. The van der Waals surface area contributed by atoms with Gasteiger partial charge in [0.15, 0.2) is 0 Å². The van der Waals surface area contributed by atoms with Crippen LogP contribution in [0.4, 0.5) is 5.69 Å². The van der Waals surface area contributed by atoms with Crippen molar-refractivity contribution in [2.24, 2.45) is 0 Å². The minimum Gasteiger partial charge on any atom is -0.311 e. The second-order valence-electron chi connectivity index (χ2n) is 6.34. The van der Waals surface area contributed by atoms with E-state index in [-0.39, 0.29) is 11.2 Å². The van der Waals surface area contributed by atoms with Gasteiger partial charge < -0.3 is 4.90 Å². The third-order valence-electron chi connectivity index (χ3n) is 4.50.